The molecule has 0 radical (unpaired) electrons. The second kappa shape index (κ2) is 71.4. The minimum Gasteiger partial charge on any atom is -0.462 e. The van der Waals surface area contributed by atoms with E-state index in [1.54, 1.807) is 0 Å². The number of esters is 4. The molecule has 0 aromatic rings. The lowest BCUT2D eigenvalue weighted by Gasteiger charge is -2.21. The minimum atomic E-state index is -4.98. The van der Waals surface area contributed by atoms with Crippen LogP contribution in [0.3, 0.4) is 0 Å². The largest absolute Gasteiger partial charge is 0.472 e. The molecule has 0 aliphatic rings. The fourth-order valence-corrected chi connectivity index (χ4v) is 11.7. The molecule has 0 aromatic carbocycles. The Labute approximate surface area is 595 Å². The SMILES string of the molecule is CC/C=C\C/C=C\C/C=C\C/C=C\CCCCCCC(=O)OCC(COP(=O)(O)OCC(O)COP(=O)(O)OCC(COC(=O)CCCCCCC/C=C\C/C=C\CCCCC)OC(=O)CCCCCCC/C=C\C/C=C\CCCCC)OC(=O)CCCCCCCCCCCCC. The van der Waals surface area contributed by atoms with Gasteiger partial charge in [-0.1, -0.05) is 266 Å². The van der Waals surface area contributed by atoms with Crippen LogP contribution in [0.1, 0.15) is 323 Å². The highest BCUT2D eigenvalue weighted by Crippen LogP contribution is 2.45. The quantitative estimate of drug-likeness (QED) is 0.0169. The van der Waals surface area contributed by atoms with Crippen LogP contribution in [0.25, 0.3) is 0 Å². The second-order valence-electron chi connectivity index (χ2n) is 25.6. The van der Waals surface area contributed by atoms with E-state index in [-0.39, 0.29) is 25.7 Å². The minimum absolute atomic E-state index is 0.0762. The van der Waals surface area contributed by atoms with Crippen molar-refractivity contribution < 1.29 is 80.2 Å². The Morgan fingerprint density at radius 2 is 0.531 bits per heavy atom. The Morgan fingerprint density at radius 1 is 0.296 bits per heavy atom. The van der Waals surface area contributed by atoms with Crippen LogP contribution in [-0.4, -0.2) is 96.7 Å². The lowest BCUT2D eigenvalue weighted by molar-refractivity contribution is -0.161. The number of carbonyl (C=O) groups excluding carboxylic acids is 4. The van der Waals surface area contributed by atoms with Crippen molar-refractivity contribution >= 4 is 39.5 Å². The van der Waals surface area contributed by atoms with E-state index in [0.717, 1.165) is 167 Å². The van der Waals surface area contributed by atoms with Crippen molar-refractivity contribution in [2.75, 3.05) is 39.6 Å². The zero-order valence-electron chi connectivity index (χ0n) is 61.7. The second-order valence-corrected chi connectivity index (χ2v) is 28.5. The molecule has 0 fully saturated rings. The van der Waals surface area contributed by atoms with Gasteiger partial charge in [0.15, 0.2) is 12.2 Å². The van der Waals surface area contributed by atoms with E-state index >= 15 is 0 Å². The molecule has 0 heterocycles. The molecule has 5 atom stereocenters. The van der Waals surface area contributed by atoms with E-state index in [0.29, 0.717) is 25.7 Å². The summed E-state index contributed by atoms with van der Waals surface area (Å²) in [6.07, 6.45) is 73.9. The number of hydrogen-bond donors (Lipinski definition) is 3. The predicted molar refractivity (Wildman–Crippen MR) is 399 cm³/mol. The summed E-state index contributed by atoms with van der Waals surface area (Å²) in [5.41, 5.74) is 0. The number of rotatable bonds is 72. The smallest absolute Gasteiger partial charge is 0.462 e. The summed E-state index contributed by atoms with van der Waals surface area (Å²) in [5, 5.41) is 10.6. The molecule has 3 N–H and O–H groups in total. The maximum atomic E-state index is 13.1. The molecular weight excluding hydrogens is 1280 g/mol. The van der Waals surface area contributed by atoms with E-state index in [2.05, 4.69) is 125 Å². The summed E-state index contributed by atoms with van der Waals surface area (Å²) in [4.78, 5) is 72.8. The molecule has 98 heavy (non-hydrogen) atoms. The Balaban J connectivity index is 5.35. The Morgan fingerprint density at radius 3 is 0.837 bits per heavy atom. The molecule has 0 rings (SSSR count). The van der Waals surface area contributed by atoms with Gasteiger partial charge in [0, 0.05) is 25.7 Å². The fourth-order valence-electron chi connectivity index (χ4n) is 10.2. The monoisotopic (exact) mass is 1420 g/mol. The molecule has 0 saturated heterocycles. The van der Waals surface area contributed by atoms with E-state index in [4.69, 9.17) is 37.0 Å². The van der Waals surface area contributed by atoms with Crippen molar-refractivity contribution in [3.63, 3.8) is 0 Å². The highest BCUT2D eigenvalue weighted by molar-refractivity contribution is 7.47. The van der Waals surface area contributed by atoms with Gasteiger partial charge >= 0.3 is 39.5 Å². The first-order valence-corrected chi connectivity index (χ1v) is 41.5. The van der Waals surface area contributed by atoms with Crippen LogP contribution in [0.4, 0.5) is 0 Å². The van der Waals surface area contributed by atoms with Gasteiger partial charge in [0.2, 0.25) is 0 Å². The van der Waals surface area contributed by atoms with E-state index in [9.17, 15) is 43.2 Å². The summed E-state index contributed by atoms with van der Waals surface area (Å²) in [7, 11) is -9.96. The van der Waals surface area contributed by atoms with Gasteiger partial charge in [-0.15, -0.1) is 0 Å². The van der Waals surface area contributed by atoms with Crippen LogP contribution in [0.15, 0.2) is 97.2 Å². The summed E-state index contributed by atoms with van der Waals surface area (Å²) in [6.45, 7) is 4.66. The third kappa shape index (κ3) is 70.4. The number of aliphatic hydroxyl groups excluding tert-OH is 1. The van der Waals surface area contributed by atoms with Gasteiger partial charge < -0.3 is 33.8 Å². The van der Waals surface area contributed by atoms with Crippen molar-refractivity contribution in [3.05, 3.63) is 97.2 Å². The first kappa shape index (κ1) is 94.0. The topological polar surface area (TPSA) is 237 Å². The van der Waals surface area contributed by atoms with Gasteiger partial charge in [-0.2, -0.15) is 0 Å². The van der Waals surface area contributed by atoms with E-state index in [1.807, 2.05) is 0 Å². The molecule has 566 valence electrons. The van der Waals surface area contributed by atoms with Crippen LogP contribution < -0.4 is 0 Å². The lowest BCUT2D eigenvalue weighted by Crippen LogP contribution is -2.30. The van der Waals surface area contributed by atoms with Crippen LogP contribution in [0, 0.1) is 0 Å². The van der Waals surface area contributed by atoms with Crippen LogP contribution in [0.2, 0.25) is 0 Å². The lowest BCUT2D eigenvalue weighted by atomic mass is 10.1. The van der Waals surface area contributed by atoms with Crippen LogP contribution >= 0.6 is 15.6 Å². The normalized spacial score (nSPS) is 14.5. The number of ether oxygens (including phenoxy) is 4. The number of hydrogen-bond acceptors (Lipinski definition) is 15. The number of unbranched alkanes of at least 4 members (excludes halogenated alkanes) is 30. The molecule has 0 aliphatic heterocycles. The van der Waals surface area contributed by atoms with Gasteiger partial charge in [-0.3, -0.25) is 37.3 Å². The number of carbonyl (C=O) groups is 4. The molecule has 5 unspecified atom stereocenters. The number of aliphatic hydroxyl groups is 1. The molecule has 0 saturated carbocycles. The Kier molecular flexibility index (Phi) is 68.4. The summed E-state index contributed by atoms with van der Waals surface area (Å²) in [5.74, 6) is -2.22. The summed E-state index contributed by atoms with van der Waals surface area (Å²) < 4.78 is 68.4. The zero-order chi connectivity index (χ0) is 71.8. The third-order valence-corrected chi connectivity index (χ3v) is 17.9. The van der Waals surface area contributed by atoms with E-state index < -0.39 is 97.5 Å². The van der Waals surface area contributed by atoms with Crippen molar-refractivity contribution in [1.29, 1.82) is 0 Å². The maximum Gasteiger partial charge on any atom is 0.472 e. The molecule has 0 spiro atoms. The van der Waals surface area contributed by atoms with Crippen molar-refractivity contribution in [2.45, 2.75) is 341 Å². The van der Waals surface area contributed by atoms with Gasteiger partial charge in [-0.05, 0) is 128 Å². The highest BCUT2D eigenvalue weighted by Gasteiger charge is 2.30. The third-order valence-electron chi connectivity index (χ3n) is 16.0. The van der Waals surface area contributed by atoms with Gasteiger partial charge in [0.05, 0.1) is 26.4 Å². The number of phosphoric ester groups is 2. The molecule has 17 nitrogen and oxygen atoms in total. The molecule has 0 aromatic heterocycles. The molecular formula is C79H138O17P2. The van der Waals surface area contributed by atoms with Crippen LogP contribution in [0.5, 0.6) is 0 Å². The first-order valence-electron chi connectivity index (χ1n) is 38.5. The molecule has 19 heteroatoms. The first-order chi connectivity index (χ1) is 47.7. The average molecular weight is 1420 g/mol. The standard InChI is InChI=1S/C79H138O17P2/c1-5-9-13-17-21-25-29-32-35-36-39-41-45-48-52-56-60-64-77(82)89-69-74(95-78(83)65-61-57-53-49-43-28-24-20-16-12-8-4)71-93-97(85,86)91-67-73(80)68-92-98(87,88)94-72-75(96-79(84)66-62-58-54-50-46-42-38-34-31-27-23-19-15-11-7-3)70-90-76(81)63-59-55-51-47-44-40-37-33-30-26-22-18-14-10-6-2/h9,13,21-23,25-27,32-35,37-39,41,73-75,80H,5-8,10-12,14-20,24,28-31,36,40,42-72H2,1-4H3,(H,85,86)(H,87,88)/b13-9-,25-21-,26-22-,27-23-,35-32-,37-33-,38-34-,41-39-. The van der Waals surface area contributed by atoms with Gasteiger partial charge in [0.25, 0.3) is 0 Å². The molecule has 0 aliphatic carbocycles. The van der Waals surface area contributed by atoms with Crippen molar-refractivity contribution in [2.24, 2.45) is 0 Å². The number of allylic oxidation sites excluding steroid dienone is 16. The van der Waals surface area contributed by atoms with E-state index in [1.165, 1.54) is 77.0 Å². The fraction of sp³-hybridized carbons (Fsp3) is 0.747. The Bertz CT molecular complexity index is 2240. The summed E-state index contributed by atoms with van der Waals surface area (Å²) in [6, 6.07) is 0. The Hall–Kier alpha value is -4.02. The summed E-state index contributed by atoms with van der Waals surface area (Å²) >= 11 is 0. The van der Waals surface area contributed by atoms with Crippen molar-refractivity contribution in [1.82, 2.24) is 0 Å². The van der Waals surface area contributed by atoms with Gasteiger partial charge in [0.1, 0.15) is 19.3 Å². The average Bonchev–Trinajstić information content (AvgIpc) is 0.986. The molecule has 0 amide bonds. The molecule has 0 bridgehead atoms. The van der Waals surface area contributed by atoms with Gasteiger partial charge in [-0.25, -0.2) is 9.13 Å². The zero-order valence-corrected chi connectivity index (χ0v) is 63.5. The predicted octanol–water partition coefficient (Wildman–Crippen LogP) is 22.0. The van der Waals surface area contributed by atoms with Crippen molar-refractivity contribution in [3.8, 4) is 0 Å². The van der Waals surface area contributed by atoms with Crippen LogP contribution in [-0.2, 0) is 65.4 Å². The number of phosphoric acid groups is 2. The maximum absolute atomic E-state index is 13.1. The highest BCUT2D eigenvalue weighted by atomic mass is 31.2.